The van der Waals surface area contributed by atoms with Crippen molar-refractivity contribution in [3.05, 3.63) is 18.2 Å². The molecule has 1 saturated heterocycles. The zero-order chi connectivity index (χ0) is 12.2. The zero-order valence-corrected chi connectivity index (χ0v) is 11.0. The van der Waals surface area contributed by atoms with E-state index in [0.717, 1.165) is 45.0 Å². The molecule has 18 heavy (non-hydrogen) atoms. The maximum atomic E-state index is 5.95. The number of rotatable bonds is 5. The molecule has 0 amide bonds. The second-order valence-electron chi connectivity index (χ2n) is 5.46. The summed E-state index contributed by atoms with van der Waals surface area (Å²) in [5.74, 6) is 0.756. The molecule has 1 aliphatic heterocycles. The molecule has 1 aliphatic carbocycles. The van der Waals surface area contributed by atoms with Crippen LogP contribution >= 0.6 is 0 Å². The number of nitrogens with one attached hydrogen (secondary N) is 1. The SMILES string of the molecule is c1ncn(CCOC2CCNCC2)c1C1CCC1. The lowest BCUT2D eigenvalue weighted by molar-refractivity contribution is 0.0280. The summed E-state index contributed by atoms with van der Waals surface area (Å²) in [5, 5.41) is 3.36. The van der Waals surface area contributed by atoms with Crippen LogP contribution in [0.3, 0.4) is 0 Å². The molecule has 1 N–H and O–H groups in total. The summed E-state index contributed by atoms with van der Waals surface area (Å²) >= 11 is 0. The highest BCUT2D eigenvalue weighted by molar-refractivity contribution is 5.09. The average molecular weight is 249 g/mol. The molecule has 0 bridgehead atoms. The van der Waals surface area contributed by atoms with Crippen LogP contribution in [0.1, 0.15) is 43.7 Å². The standard InChI is InChI=1S/C14H23N3O/c1-2-12(3-1)14-10-16-11-17(14)8-9-18-13-4-6-15-7-5-13/h10-13,15H,1-9H2. The third kappa shape index (κ3) is 2.75. The molecule has 4 nitrogen and oxygen atoms in total. The van der Waals surface area contributed by atoms with Crippen molar-refractivity contribution in [1.82, 2.24) is 14.9 Å². The Bertz CT molecular complexity index is 367. The van der Waals surface area contributed by atoms with E-state index in [0.29, 0.717) is 6.10 Å². The van der Waals surface area contributed by atoms with E-state index < -0.39 is 0 Å². The van der Waals surface area contributed by atoms with Crippen molar-refractivity contribution in [3.63, 3.8) is 0 Å². The van der Waals surface area contributed by atoms with E-state index in [-0.39, 0.29) is 0 Å². The Labute approximate surface area is 109 Å². The molecule has 1 aromatic rings. The first-order chi connectivity index (χ1) is 8.93. The molecule has 0 radical (unpaired) electrons. The Balaban J connectivity index is 1.46. The molecular weight excluding hydrogens is 226 g/mol. The zero-order valence-electron chi connectivity index (χ0n) is 11.0. The van der Waals surface area contributed by atoms with Gasteiger partial charge in [-0.2, -0.15) is 0 Å². The minimum Gasteiger partial charge on any atom is -0.376 e. The lowest BCUT2D eigenvalue weighted by Crippen LogP contribution is -2.33. The summed E-state index contributed by atoms with van der Waals surface area (Å²) in [6.45, 7) is 3.97. The molecule has 100 valence electrons. The number of ether oxygens (including phenoxy) is 1. The molecule has 2 heterocycles. The summed E-state index contributed by atoms with van der Waals surface area (Å²) in [4.78, 5) is 4.29. The first kappa shape index (κ1) is 12.2. The second kappa shape index (κ2) is 5.85. The van der Waals surface area contributed by atoms with Crippen LogP contribution in [0.25, 0.3) is 0 Å². The number of imidazole rings is 1. The van der Waals surface area contributed by atoms with Gasteiger partial charge >= 0.3 is 0 Å². The number of aromatic nitrogens is 2. The normalized spacial score (nSPS) is 22.0. The molecule has 1 saturated carbocycles. The van der Waals surface area contributed by atoms with Crippen molar-refractivity contribution in [1.29, 1.82) is 0 Å². The minimum atomic E-state index is 0.460. The van der Waals surface area contributed by atoms with Crippen LogP contribution in [0.2, 0.25) is 0 Å². The second-order valence-corrected chi connectivity index (χ2v) is 5.46. The fourth-order valence-corrected chi connectivity index (χ4v) is 2.84. The van der Waals surface area contributed by atoms with Crippen LogP contribution in [0, 0.1) is 0 Å². The van der Waals surface area contributed by atoms with Gasteiger partial charge in [-0.25, -0.2) is 4.98 Å². The fraction of sp³-hybridized carbons (Fsp3) is 0.786. The van der Waals surface area contributed by atoms with Crippen LogP contribution in [0.5, 0.6) is 0 Å². The molecule has 0 unspecified atom stereocenters. The van der Waals surface area contributed by atoms with E-state index in [1.165, 1.54) is 25.0 Å². The molecule has 2 aliphatic rings. The molecule has 1 aromatic heterocycles. The fourth-order valence-electron chi connectivity index (χ4n) is 2.84. The Hall–Kier alpha value is -0.870. The molecule has 3 rings (SSSR count). The molecule has 0 spiro atoms. The van der Waals surface area contributed by atoms with Gasteiger partial charge in [0, 0.05) is 24.4 Å². The third-order valence-corrected chi connectivity index (χ3v) is 4.24. The van der Waals surface area contributed by atoms with E-state index >= 15 is 0 Å². The van der Waals surface area contributed by atoms with Crippen molar-refractivity contribution >= 4 is 0 Å². The van der Waals surface area contributed by atoms with Gasteiger partial charge in [-0.05, 0) is 38.8 Å². The van der Waals surface area contributed by atoms with Gasteiger partial charge in [-0.3, -0.25) is 0 Å². The highest BCUT2D eigenvalue weighted by atomic mass is 16.5. The van der Waals surface area contributed by atoms with Crippen LogP contribution in [-0.4, -0.2) is 35.4 Å². The molecular formula is C14H23N3O. The van der Waals surface area contributed by atoms with Crippen molar-refractivity contribution in [3.8, 4) is 0 Å². The van der Waals surface area contributed by atoms with Crippen molar-refractivity contribution in [2.45, 2.75) is 50.7 Å². The molecule has 4 heteroatoms. The molecule has 0 aromatic carbocycles. The highest BCUT2D eigenvalue weighted by Crippen LogP contribution is 2.35. The van der Waals surface area contributed by atoms with Gasteiger partial charge in [-0.15, -0.1) is 0 Å². The van der Waals surface area contributed by atoms with Crippen molar-refractivity contribution in [2.75, 3.05) is 19.7 Å². The largest absolute Gasteiger partial charge is 0.376 e. The monoisotopic (exact) mass is 249 g/mol. The Morgan fingerprint density at radius 2 is 2.11 bits per heavy atom. The first-order valence-corrected chi connectivity index (χ1v) is 7.26. The van der Waals surface area contributed by atoms with Crippen molar-refractivity contribution in [2.24, 2.45) is 0 Å². The van der Waals surface area contributed by atoms with E-state index in [1.54, 1.807) is 0 Å². The highest BCUT2D eigenvalue weighted by Gasteiger charge is 2.22. The Morgan fingerprint density at radius 1 is 1.28 bits per heavy atom. The Morgan fingerprint density at radius 3 is 2.83 bits per heavy atom. The van der Waals surface area contributed by atoms with E-state index in [1.807, 2.05) is 12.5 Å². The van der Waals surface area contributed by atoms with E-state index in [9.17, 15) is 0 Å². The smallest absolute Gasteiger partial charge is 0.0949 e. The lowest BCUT2D eigenvalue weighted by atomic mass is 9.83. The summed E-state index contributed by atoms with van der Waals surface area (Å²) in [7, 11) is 0. The topological polar surface area (TPSA) is 39.1 Å². The van der Waals surface area contributed by atoms with Gasteiger partial charge in [0.2, 0.25) is 0 Å². The van der Waals surface area contributed by atoms with E-state index in [4.69, 9.17) is 4.74 Å². The first-order valence-electron chi connectivity index (χ1n) is 7.26. The van der Waals surface area contributed by atoms with Gasteiger partial charge in [0.15, 0.2) is 0 Å². The van der Waals surface area contributed by atoms with Crippen molar-refractivity contribution < 1.29 is 4.74 Å². The molecule has 2 fully saturated rings. The average Bonchev–Trinajstić information content (AvgIpc) is 2.77. The van der Waals surface area contributed by atoms with Crippen LogP contribution in [0.15, 0.2) is 12.5 Å². The number of piperidine rings is 1. The van der Waals surface area contributed by atoms with E-state index in [2.05, 4.69) is 14.9 Å². The van der Waals surface area contributed by atoms with Crippen LogP contribution in [-0.2, 0) is 11.3 Å². The van der Waals surface area contributed by atoms with Gasteiger partial charge < -0.3 is 14.6 Å². The summed E-state index contributed by atoms with van der Waals surface area (Å²) in [6, 6.07) is 0. The van der Waals surface area contributed by atoms with Gasteiger partial charge in [-0.1, -0.05) is 6.42 Å². The van der Waals surface area contributed by atoms with Gasteiger partial charge in [0.25, 0.3) is 0 Å². The quantitative estimate of drug-likeness (QED) is 0.866. The predicted molar refractivity (Wildman–Crippen MR) is 70.7 cm³/mol. The van der Waals surface area contributed by atoms with Gasteiger partial charge in [0.1, 0.15) is 0 Å². The minimum absolute atomic E-state index is 0.460. The lowest BCUT2D eigenvalue weighted by Gasteiger charge is -2.27. The Kier molecular flexibility index (Phi) is 3.96. The maximum absolute atomic E-state index is 5.95. The number of hydrogen-bond acceptors (Lipinski definition) is 3. The van der Waals surface area contributed by atoms with Gasteiger partial charge in [0.05, 0.1) is 19.0 Å². The predicted octanol–water partition coefficient (Wildman–Crippen LogP) is 1.92. The number of nitrogens with zero attached hydrogens (tertiary/aromatic N) is 2. The third-order valence-electron chi connectivity index (χ3n) is 4.24. The van der Waals surface area contributed by atoms with Crippen LogP contribution < -0.4 is 5.32 Å². The molecule has 0 atom stereocenters. The maximum Gasteiger partial charge on any atom is 0.0949 e. The summed E-state index contributed by atoms with van der Waals surface area (Å²) in [6.07, 6.45) is 10.8. The summed E-state index contributed by atoms with van der Waals surface area (Å²) in [5.41, 5.74) is 1.41. The van der Waals surface area contributed by atoms with Crippen LogP contribution in [0.4, 0.5) is 0 Å². The number of hydrogen-bond donors (Lipinski definition) is 1. The summed E-state index contributed by atoms with van der Waals surface area (Å²) < 4.78 is 8.24.